The van der Waals surface area contributed by atoms with E-state index in [-0.39, 0.29) is 12.2 Å². The van der Waals surface area contributed by atoms with Crippen LogP contribution >= 0.6 is 11.6 Å². The molecule has 3 N–H and O–H groups in total. The van der Waals surface area contributed by atoms with Crippen molar-refractivity contribution in [3.05, 3.63) is 65.5 Å². The summed E-state index contributed by atoms with van der Waals surface area (Å²) in [7, 11) is 1.59. The van der Waals surface area contributed by atoms with Crippen LogP contribution in [0.2, 0.25) is 5.02 Å². The molecule has 0 aliphatic carbocycles. The summed E-state index contributed by atoms with van der Waals surface area (Å²) in [5.74, 6) is -1.32. The Balaban J connectivity index is 0.000000366. The monoisotopic (exact) mass is 450 g/mol. The number of hydrogen-bond donors (Lipinski definition) is 3. The minimum absolute atomic E-state index is 0.126. The number of rotatable bonds is 7. The summed E-state index contributed by atoms with van der Waals surface area (Å²) in [4.78, 5) is 23.5. The van der Waals surface area contributed by atoms with E-state index in [1.54, 1.807) is 31.5 Å². The lowest BCUT2D eigenvalue weighted by molar-refractivity contribution is -0.134. The maximum absolute atomic E-state index is 9.55. The second-order valence-corrected chi connectivity index (χ2v) is 6.65. The van der Waals surface area contributed by atoms with E-state index in [1.807, 2.05) is 18.2 Å². The summed E-state index contributed by atoms with van der Waals surface area (Å²) < 4.78 is 17.4. The van der Waals surface area contributed by atoms with Gasteiger partial charge in [-0.2, -0.15) is 0 Å². The first-order chi connectivity index (χ1) is 14.9. The van der Waals surface area contributed by atoms with Gasteiger partial charge in [0.05, 0.1) is 19.4 Å². The van der Waals surface area contributed by atoms with Crippen LogP contribution in [0.3, 0.4) is 0 Å². The first-order valence-electron chi connectivity index (χ1n) is 9.28. The van der Waals surface area contributed by atoms with Gasteiger partial charge in [-0.05, 0) is 24.3 Å². The molecule has 3 rings (SSSR count). The SMILES string of the molecule is COc1cc(Cl)ccc1O[C@@H](c1ccccn1)[C@@H]1CNCCO1.O=C(O)C=CC(=O)O. The van der Waals surface area contributed by atoms with Crippen LogP contribution in [-0.4, -0.2) is 60.0 Å². The van der Waals surface area contributed by atoms with Gasteiger partial charge in [0.2, 0.25) is 0 Å². The Morgan fingerprint density at radius 2 is 1.97 bits per heavy atom. The highest BCUT2D eigenvalue weighted by atomic mass is 35.5. The fourth-order valence-electron chi connectivity index (χ4n) is 2.67. The van der Waals surface area contributed by atoms with Crippen molar-refractivity contribution in [1.29, 1.82) is 0 Å². The van der Waals surface area contributed by atoms with Gasteiger partial charge in [0.25, 0.3) is 0 Å². The lowest BCUT2D eigenvalue weighted by Gasteiger charge is -2.31. The molecule has 0 radical (unpaired) electrons. The van der Waals surface area contributed by atoms with Crippen molar-refractivity contribution in [2.75, 3.05) is 26.8 Å². The van der Waals surface area contributed by atoms with Crippen molar-refractivity contribution < 1.29 is 34.0 Å². The molecule has 166 valence electrons. The van der Waals surface area contributed by atoms with Crippen LogP contribution < -0.4 is 14.8 Å². The van der Waals surface area contributed by atoms with Gasteiger partial charge in [0, 0.05) is 42.5 Å². The number of morpholine rings is 1. The van der Waals surface area contributed by atoms with Gasteiger partial charge in [-0.1, -0.05) is 17.7 Å². The Morgan fingerprint density at radius 3 is 2.52 bits per heavy atom. The highest BCUT2D eigenvalue weighted by Gasteiger charge is 2.29. The molecule has 31 heavy (non-hydrogen) atoms. The van der Waals surface area contributed by atoms with Crippen LogP contribution in [0.15, 0.2) is 54.7 Å². The molecule has 1 aromatic heterocycles. The predicted molar refractivity (Wildman–Crippen MR) is 113 cm³/mol. The fraction of sp³-hybridized carbons (Fsp3) is 0.286. The molecular formula is C21H23ClN2O7. The molecule has 9 nitrogen and oxygen atoms in total. The van der Waals surface area contributed by atoms with Gasteiger partial charge < -0.3 is 29.7 Å². The number of methoxy groups -OCH3 is 1. The summed E-state index contributed by atoms with van der Waals surface area (Å²) in [6.45, 7) is 2.20. The molecule has 10 heteroatoms. The van der Waals surface area contributed by atoms with Crippen LogP contribution in [0.4, 0.5) is 0 Å². The molecule has 2 atom stereocenters. The van der Waals surface area contributed by atoms with E-state index in [0.717, 1.165) is 12.2 Å². The number of benzene rings is 1. The first-order valence-corrected chi connectivity index (χ1v) is 9.66. The molecule has 1 fully saturated rings. The van der Waals surface area contributed by atoms with E-state index in [2.05, 4.69) is 10.3 Å². The molecule has 2 aromatic rings. The maximum atomic E-state index is 9.55. The van der Waals surface area contributed by atoms with Gasteiger partial charge in [-0.25, -0.2) is 9.59 Å². The third kappa shape index (κ3) is 8.25. The van der Waals surface area contributed by atoms with Crippen LogP contribution in [-0.2, 0) is 14.3 Å². The number of carbonyl (C=O) groups is 2. The van der Waals surface area contributed by atoms with Gasteiger partial charge in [-0.3, -0.25) is 4.98 Å². The third-order valence-corrected chi connectivity index (χ3v) is 4.26. The molecule has 0 unspecified atom stereocenters. The average molecular weight is 451 g/mol. The average Bonchev–Trinajstić information content (AvgIpc) is 2.78. The second kappa shape index (κ2) is 12.5. The lowest BCUT2D eigenvalue weighted by Crippen LogP contribution is -2.43. The molecule has 0 amide bonds. The number of aliphatic carboxylic acids is 2. The van der Waals surface area contributed by atoms with E-state index in [9.17, 15) is 9.59 Å². The van der Waals surface area contributed by atoms with E-state index in [1.165, 1.54) is 0 Å². The first kappa shape index (κ1) is 24.1. The minimum Gasteiger partial charge on any atom is -0.493 e. The number of ether oxygens (including phenoxy) is 3. The van der Waals surface area contributed by atoms with E-state index in [0.29, 0.717) is 41.8 Å². The van der Waals surface area contributed by atoms with Crippen molar-refractivity contribution in [3.8, 4) is 11.5 Å². The predicted octanol–water partition coefficient (Wildman–Crippen LogP) is 2.56. The number of halogens is 1. The highest BCUT2D eigenvalue weighted by Crippen LogP contribution is 2.34. The number of nitrogens with one attached hydrogen (secondary N) is 1. The lowest BCUT2D eigenvalue weighted by atomic mass is 10.1. The Bertz CT molecular complexity index is 871. The smallest absolute Gasteiger partial charge is 0.328 e. The van der Waals surface area contributed by atoms with Crippen molar-refractivity contribution in [1.82, 2.24) is 10.3 Å². The van der Waals surface area contributed by atoms with Gasteiger partial charge in [0.1, 0.15) is 6.10 Å². The molecule has 0 saturated carbocycles. The molecule has 2 heterocycles. The number of pyridine rings is 1. The quantitative estimate of drug-likeness (QED) is 0.545. The Hall–Kier alpha value is -3.14. The zero-order valence-electron chi connectivity index (χ0n) is 16.7. The summed E-state index contributed by atoms with van der Waals surface area (Å²) in [5.41, 5.74) is 0.818. The normalized spacial score (nSPS) is 16.6. The molecule has 1 aromatic carbocycles. The zero-order valence-corrected chi connectivity index (χ0v) is 17.5. The molecule has 1 aliphatic heterocycles. The van der Waals surface area contributed by atoms with Crippen molar-refractivity contribution >= 4 is 23.5 Å². The van der Waals surface area contributed by atoms with Gasteiger partial charge >= 0.3 is 11.9 Å². The molecule has 1 aliphatic rings. The maximum Gasteiger partial charge on any atom is 0.328 e. The number of hydrogen-bond acceptors (Lipinski definition) is 7. The third-order valence-electron chi connectivity index (χ3n) is 4.02. The van der Waals surface area contributed by atoms with Gasteiger partial charge in [0.15, 0.2) is 17.6 Å². The van der Waals surface area contributed by atoms with Crippen molar-refractivity contribution in [3.63, 3.8) is 0 Å². The summed E-state index contributed by atoms with van der Waals surface area (Å²) in [6.07, 6.45) is 2.41. The summed E-state index contributed by atoms with van der Waals surface area (Å²) in [5, 5.41) is 19.5. The molecule has 1 saturated heterocycles. The van der Waals surface area contributed by atoms with E-state index in [4.69, 9.17) is 36.0 Å². The minimum atomic E-state index is -1.26. The highest BCUT2D eigenvalue weighted by molar-refractivity contribution is 6.30. The van der Waals surface area contributed by atoms with Gasteiger partial charge in [-0.15, -0.1) is 0 Å². The largest absolute Gasteiger partial charge is 0.493 e. The van der Waals surface area contributed by atoms with E-state index < -0.39 is 11.9 Å². The fourth-order valence-corrected chi connectivity index (χ4v) is 2.83. The summed E-state index contributed by atoms with van der Waals surface area (Å²) >= 11 is 6.02. The Kier molecular flexibility index (Phi) is 9.76. The molecule has 0 bridgehead atoms. The zero-order chi connectivity index (χ0) is 22.6. The molecular weight excluding hydrogens is 428 g/mol. The van der Waals surface area contributed by atoms with Crippen molar-refractivity contribution in [2.45, 2.75) is 12.2 Å². The van der Waals surface area contributed by atoms with E-state index >= 15 is 0 Å². The van der Waals surface area contributed by atoms with Crippen molar-refractivity contribution in [2.24, 2.45) is 0 Å². The van der Waals surface area contributed by atoms with Crippen LogP contribution in [0.5, 0.6) is 11.5 Å². The Morgan fingerprint density at radius 1 is 1.23 bits per heavy atom. The van der Waals surface area contributed by atoms with Crippen LogP contribution in [0, 0.1) is 0 Å². The number of nitrogens with zero attached hydrogens (tertiary/aromatic N) is 1. The standard InChI is InChI=1S/C17H19ClN2O3.C4H4O4/c1-21-15-10-12(18)5-6-14(15)23-17(13-4-2-3-7-20-13)16-11-19-8-9-22-16;5-3(6)1-2-4(7)8/h2-7,10,16-17,19H,8-9,11H2,1H3;1-2H,(H,5,6)(H,7,8)/t16-,17-;/m0./s1. The topological polar surface area (TPSA) is 127 Å². The van der Waals surface area contributed by atoms with Crippen LogP contribution in [0.25, 0.3) is 0 Å². The Labute approximate surface area is 184 Å². The van der Waals surface area contributed by atoms with Crippen LogP contribution in [0.1, 0.15) is 11.8 Å². The number of carboxylic acids is 2. The summed E-state index contributed by atoms with van der Waals surface area (Å²) in [6, 6.07) is 11.1. The second-order valence-electron chi connectivity index (χ2n) is 6.21. The molecule has 0 spiro atoms. The number of carboxylic acid groups (broad SMARTS) is 2. The number of aromatic nitrogens is 1.